The van der Waals surface area contributed by atoms with Crippen LogP contribution in [0.3, 0.4) is 0 Å². The van der Waals surface area contributed by atoms with Crippen LogP contribution in [-0.4, -0.2) is 62.2 Å². The standard InChI is InChI=1S/C26H31N4O7PS/c1-18(2)16-26(37-25(32)35-17-36-38(33)34)10-14-30(15-11-26)24(31)19-6-8-20(9-7-19)29-39-22-5-3-4-21-23(22)28-13-12-27-21/h3-9,12-13,18,29,33-34H,10-11,14-17H2,1-2H3. The fourth-order valence-corrected chi connectivity index (χ4v) is 5.47. The third-order valence-electron chi connectivity index (χ3n) is 6.26. The minimum atomic E-state index is -2.62. The Hall–Kier alpha value is -3.02. The number of nitrogens with one attached hydrogen (secondary N) is 1. The molecule has 0 radical (unpaired) electrons. The van der Waals surface area contributed by atoms with E-state index in [9.17, 15) is 9.59 Å². The summed E-state index contributed by atoms with van der Waals surface area (Å²) in [4.78, 5) is 54.4. The van der Waals surface area contributed by atoms with E-state index in [0.717, 1.165) is 21.6 Å². The van der Waals surface area contributed by atoms with Crippen LogP contribution >= 0.6 is 20.6 Å². The summed E-state index contributed by atoms with van der Waals surface area (Å²) < 4.78 is 18.2. The van der Waals surface area contributed by atoms with Crippen molar-refractivity contribution in [1.29, 1.82) is 0 Å². The SMILES string of the molecule is CC(C)CC1(OC(=O)OCOP(O)O)CCN(C(=O)c2ccc(NSc3cccc4nccnc34)cc2)CC1. The molecule has 1 saturated heterocycles. The fraction of sp³-hybridized carbons (Fsp3) is 0.385. The largest absolute Gasteiger partial charge is 0.510 e. The topological polar surface area (TPSA) is 143 Å². The van der Waals surface area contributed by atoms with Gasteiger partial charge in [-0.05, 0) is 60.7 Å². The summed E-state index contributed by atoms with van der Waals surface area (Å²) in [5.41, 5.74) is 2.28. The van der Waals surface area contributed by atoms with Crippen LogP contribution < -0.4 is 4.72 Å². The zero-order valence-electron chi connectivity index (χ0n) is 21.6. The number of carbonyl (C=O) groups excluding carboxylic acids is 2. The quantitative estimate of drug-likeness (QED) is 0.129. The molecule has 13 heteroatoms. The van der Waals surface area contributed by atoms with Gasteiger partial charge in [-0.25, -0.2) is 4.79 Å². The van der Waals surface area contributed by atoms with E-state index in [1.165, 1.54) is 11.9 Å². The van der Waals surface area contributed by atoms with Gasteiger partial charge in [-0.2, -0.15) is 0 Å². The summed E-state index contributed by atoms with van der Waals surface area (Å²) in [6.45, 7) is 4.30. The Balaban J connectivity index is 1.32. The summed E-state index contributed by atoms with van der Waals surface area (Å²) in [7, 11) is -2.62. The van der Waals surface area contributed by atoms with E-state index in [1.54, 1.807) is 29.4 Å². The van der Waals surface area contributed by atoms with Crippen molar-refractivity contribution >= 4 is 49.3 Å². The zero-order chi connectivity index (χ0) is 27.8. The minimum absolute atomic E-state index is 0.0908. The maximum Gasteiger partial charge on any atom is 0.510 e. The molecule has 0 unspecified atom stereocenters. The number of hydrogen-bond donors (Lipinski definition) is 3. The molecule has 2 heterocycles. The first-order valence-electron chi connectivity index (χ1n) is 12.4. The monoisotopic (exact) mass is 574 g/mol. The average Bonchev–Trinajstić information content (AvgIpc) is 2.91. The molecule has 3 N–H and O–H groups in total. The number of fused-ring (bicyclic) bond motifs is 1. The van der Waals surface area contributed by atoms with E-state index in [0.29, 0.717) is 37.9 Å². The molecule has 1 aliphatic rings. The molecule has 0 aliphatic carbocycles. The highest BCUT2D eigenvalue weighted by atomic mass is 32.2. The molecule has 1 aliphatic heterocycles. The number of rotatable bonds is 10. The highest BCUT2D eigenvalue weighted by Crippen LogP contribution is 2.34. The van der Waals surface area contributed by atoms with Gasteiger partial charge in [0.1, 0.15) is 11.1 Å². The number of likely N-dealkylation sites (tertiary alicyclic amines) is 1. The normalized spacial score (nSPS) is 15.0. The Labute approximate surface area is 232 Å². The fourth-order valence-electron chi connectivity index (χ4n) is 4.56. The second-order valence-electron chi connectivity index (χ2n) is 9.53. The van der Waals surface area contributed by atoms with E-state index in [-0.39, 0.29) is 11.8 Å². The van der Waals surface area contributed by atoms with Crippen LogP contribution in [0.5, 0.6) is 0 Å². The highest BCUT2D eigenvalue weighted by molar-refractivity contribution is 8.00. The van der Waals surface area contributed by atoms with Gasteiger partial charge in [0.05, 0.1) is 10.4 Å². The van der Waals surface area contributed by atoms with Crippen molar-refractivity contribution in [3.63, 3.8) is 0 Å². The van der Waals surface area contributed by atoms with Crippen molar-refractivity contribution in [3.8, 4) is 0 Å². The van der Waals surface area contributed by atoms with Gasteiger partial charge in [0.15, 0.2) is 0 Å². The van der Waals surface area contributed by atoms with Crippen LogP contribution in [0.4, 0.5) is 10.5 Å². The molecular formula is C26H31N4O7PS. The number of hydrogen-bond acceptors (Lipinski definition) is 11. The van der Waals surface area contributed by atoms with Gasteiger partial charge in [0.25, 0.3) is 5.91 Å². The Bertz CT molecular complexity index is 1270. The molecule has 0 bridgehead atoms. The first-order valence-corrected chi connectivity index (χ1v) is 14.4. The molecule has 39 heavy (non-hydrogen) atoms. The smallest absolute Gasteiger partial charge is 0.427 e. The van der Waals surface area contributed by atoms with Crippen molar-refractivity contribution in [2.45, 2.75) is 43.6 Å². The second kappa shape index (κ2) is 13.4. The van der Waals surface area contributed by atoms with Crippen LogP contribution in [0, 0.1) is 5.92 Å². The molecule has 0 spiro atoms. The molecule has 3 aromatic rings. The number of ether oxygens (including phenoxy) is 2. The second-order valence-corrected chi connectivity index (χ2v) is 11.1. The predicted molar refractivity (Wildman–Crippen MR) is 148 cm³/mol. The van der Waals surface area contributed by atoms with Gasteiger partial charge in [-0.1, -0.05) is 19.9 Å². The lowest BCUT2D eigenvalue weighted by atomic mass is 9.83. The maximum atomic E-state index is 13.2. The van der Waals surface area contributed by atoms with E-state index >= 15 is 0 Å². The number of anilines is 1. The zero-order valence-corrected chi connectivity index (χ0v) is 23.4. The number of benzene rings is 2. The molecule has 11 nitrogen and oxygen atoms in total. The van der Waals surface area contributed by atoms with Crippen LogP contribution in [0.1, 0.15) is 43.5 Å². The lowest BCUT2D eigenvalue weighted by Crippen LogP contribution is -2.49. The Morgan fingerprint density at radius 1 is 1.10 bits per heavy atom. The Morgan fingerprint density at radius 2 is 1.82 bits per heavy atom. The maximum absolute atomic E-state index is 13.2. The lowest BCUT2D eigenvalue weighted by Gasteiger charge is -2.41. The minimum Gasteiger partial charge on any atom is -0.427 e. The predicted octanol–water partition coefficient (Wildman–Crippen LogP) is 5.11. The number of nitrogens with zero attached hydrogens (tertiary/aromatic N) is 3. The molecular weight excluding hydrogens is 543 g/mol. The molecule has 208 valence electrons. The van der Waals surface area contributed by atoms with Crippen LogP contribution in [0.25, 0.3) is 11.0 Å². The first-order chi connectivity index (χ1) is 18.7. The number of para-hydroxylation sites is 1. The molecule has 0 saturated carbocycles. The van der Waals surface area contributed by atoms with Crippen molar-refractivity contribution < 1.29 is 33.4 Å². The van der Waals surface area contributed by atoms with Crippen molar-refractivity contribution in [3.05, 3.63) is 60.4 Å². The summed E-state index contributed by atoms with van der Waals surface area (Å²) >= 11 is 1.43. The van der Waals surface area contributed by atoms with E-state index in [1.807, 2.05) is 44.2 Å². The van der Waals surface area contributed by atoms with Gasteiger partial charge in [-0.3, -0.25) is 19.3 Å². The molecule has 2 aromatic carbocycles. The van der Waals surface area contributed by atoms with Crippen LogP contribution in [-0.2, 0) is 14.0 Å². The molecule has 4 rings (SSSR count). The third kappa shape index (κ3) is 8.00. The number of amides is 1. The number of aromatic nitrogens is 2. The first kappa shape index (κ1) is 29.0. The summed E-state index contributed by atoms with van der Waals surface area (Å²) in [5, 5.41) is 0. The number of carbonyl (C=O) groups is 2. The Morgan fingerprint density at radius 3 is 2.51 bits per heavy atom. The van der Waals surface area contributed by atoms with Gasteiger partial charge in [0.2, 0.25) is 6.79 Å². The van der Waals surface area contributed by atoms with Crippen LogP contribution in [0.15, 0.2) is 59.8 Å². The Kier molecular flexibility index (Phi) is 9.93. The molecule has 1 aromatic heterocycles. The lowest BCUT2D eigenvalue weighted by molar-refractivity contribution is -0.0867. The summed E-state index contributed by atoms with van der Waals surface area (Å²) in [5.74, 6) is 0.157. The summed E-state index contributed by atoms with van der Waals surface area (Å²) in [6, 6.07) is 13.1. The third-order valence-corrected chi connectivity index (χ3v) is 7.48. The van der Waals surface area contributed by atoms with Gasteiger partial charge < -0.3 is 28.9 Å². The van der Waals surface area contributed by atoms with E-state index in [4.69, 9.17) is 19.3 Å². The highest BCUT2D eigenvalue weighted by Gasteiger charge is 2.40. The molecule has 1 amide bonds. The van der Waals surface area contributed by atoms with Gasteiger partial charge in [-0.15, -0.1) is 0 Å². The number of piperidine rings is 1. The van der Waals surface area contributed by atoms with Crippen molar-refractivity contribution in [2.75, 3.05) is 24.6 Å². The van der Waals surface area contributed by atoms with Gasteiger partial charge in [0, 0.05) is 49.6 Å². The van der Waals surface area contributed by atoms with Gasteiger partial charge >= 0.3 is 14.8 Å². The molecule has 0 atom stereocenters. The van der Waals surface area contributed by atoms with Crippen molar-refractivity contribution in [2.24, 2.45) is 5.92 Å². The van der Waals surface area contributed by atoms with E-state index in [2.05, 4.69) is 19.2 Å². The average molecular weight is 575 g/mol. The van der Waals surface area contributed by atoms with E-state index < -0.39 is 27.2 Å². The van der Waals surface area contributed by atoms with Crippen molar-refractivity contribution in [1.82, 2.24) is 14.9 Å². The summed E-state index contributed by atoms with van der Waals surface area (Å²) in [6.07, 6.45) is 3.92. The molecule has 1 fully saturated rings. The van der Waals surface area contributed by atoms with Crippen LogP contribution in [0.2, 0.25) is 0 Å².